The number of fused-ring (bicyclic) bond motifs is 1. The highest BCUT2D eigenvalue weighted by Gasteiger charge is 2.75. The molecule has 9 heteroatoms. The van der Waals surface area contributed by atoms with Crippen LogP contribution in [0.2, 0.25) is 5.02 Å². The largest absolute Gasteiger partial charge is 0.394 e. The molecule has 1 spiro atoms. The van der Waals surface area contributed by atoms with Gasteiger partial charge in [0.2, 0.25) is 11.8 Å². The van der Waals surface area contributed by atoms with Crippen LogP contribution in [0, 0.1) is 11.8 Å². The highest BCUT2D eigenvalue weighted by atomic mass is 35.5. The summed E-state index contributed by atoms with van der Waals surface area (Å²) in [7, 11) is 0. The first-order valence-electron chi connectivity index (χ1n) is 14.5. The van der Waals surface area contributed by atoms with Crippen molar-refractivity contribution in [2.45, 2.75) is 56.5 Å². The number of hydrogen-bond donors (Lipinski definition) is 1. The lowest BCUT2D eigenvalue weighted by molar-refractivity contribution is -0.147. The molecule has 2 bridgehead atoms. The average molecular weight is 592 g/mol. The van der Waals surface area contributed by atoms with Crippen molar-refractivity contribution in [3.63, 3.8) is 0 Å². The standard InChI is InChI=1S/C33H38ClN3O5/c1-4-18-35(20-22-10-8-7-9-11-22)30(39)27-26-16-17-33(42-26)28(27)31(40)37(24(6-3)21-38)29(33)32(41)36(19-5-2)25-14-12-23(34)13-15-25/h4-5,7-15,24,26-29,38H,1-2,6,16-21H2,3H3/t24-,26+,27-,28-,29?,33?/m0/s1. The molecule has 3 saturated heterocycles. The van der Waals surface area contributed by atoms with E-state index in [1.165, 1.54) is 4.90 Å². The molecule has 0 aromatic heterocycles. The normalized spacial score (nSPS) is 26.5. The van der Waals surface area contributed by atoms with Gasteiger partial charge in [0, 0.05) is 30.3 Å². The Hall–Kier alpha value is -3.46. The second kappa shape index (κ2) is 12.4. The summed E-state index contributed by atoms with van der Waals surface area (Å²) in [5, 5.41) is 10.9. The van der Waals surface area contributed by atoms with Crippen LogP contribution in [-0.4, -0.2) is 76.1 Å². The second-order valence-corrected chi connectivity index (χ2v) is 11.7. The SMILES string of the molecule is C=CCN(Cc1ccccc1)C(=O)[C@@H]1[C@H]2C(=O)N([C@@H](CC)CO)C(C(=O)N(CC=C)c3ccc(Cl)cc3)C23CC[C@H]1O3. The number of ether oxygens (including phenoxy) is 1. The average Bonchev–Trinajstić information content (AvgIpc) is 3.64. The molecule has 42 heavy (non-hydrogen) atoms. The zero-order valence-electron chi connectivity index (χ0n) is 23.9. The van der Waals surface area contributed by atoms with Gasteiger partial charge in [-0.2, -0.15) is 0 Å². The third-order valence-corrected chi connectivity index (χ3v) is 9.18. The van der Waals surface area contributed by atoms with Crippen molar-refractivity contribution >= 4 is 35.0 Å². The molecule has 0 saturated carbocycles. The Labute approximate surface area is 252 Å². The molecule has 3 aliphatic heterocycles. The molecule has 0 radical (unpaired) electrons. The van der Waals surface area contributed by atoms with Crippen molar-refractivity contribution in [3.8, 4) is 0 Å². The second-order valence-electron chi connectivity index (χ2n) is 11.3. The maximum Gasteiger partial charge on any atom is 0.253 e. The zero-order chi connectivity index (χ0) is 30.0. The van der Waals surface area contributed by atoms with Gasteiger partial charge in [-0.1, -0.05) is 61.0 Å². The molecule has 6 atom stereocenters. The van der Waals surface area contributed by atoms with Crippen molar-refractivity contribution in [1.29, 1.82) is 0 Å². The first-order valence-corrected chi connectivity index (χ1v) is 14.9. The summed E-state index contributed by atoms with van der Waals surface area (Å²) in [6, 6.07) is 15.0. The maximum atomic E-state index is 14.6. The van der Waals surface area contributed by atoms with Crippen LogP contribution in [-0.2, 0) is 25.7 Å². The number of aliphatic hydroxyl groups is 1. The van der Waals surface area contributed by atoms with Crippen LogP contribution in [0.1, 0.15) is 31.7 Å². The van der Waals surface area contributed by atoms with E-state index in [4.69, 9.17) is 16.3 Å². The molecule has 222 valence electrons. The highest BCUT2D eigenvalue weighted by molar-refractivity contribution is 6.30. The number of hydrogen-bond acceptors (Lipinski definition) is 5. The van der Waals surface area contributed by atoms with Crippen molar-refractivity contribution in [1.82, 2.24) is 9.80 Å². The summed E-state index contributed by atoms with van der Waals surface area (Å²) in [5.74, 6) is -2.41. The smallest absolute Gasteiger partial charge is 0.253 e. The molecule has 3 aliphatic rings. The van der Waals surface area contributed by atoms with Crippen LogP contribution >= 0.6 is 11.6 Å². The fourth-order valence-electron chi connectivity index (χ4n) is 7.08. The van der Waals surface area contributed by atoms with Gasteiger partial charge in [-0.3, -0.25) is 14.4 Å². The minimum Gasteiger partial charge on any atom is -0.394 e. The number of benzene rings is 2. The fourth-order valence-corrected chi connectivity index (χ4v) is 7.21. The molecule has 2 aromatic carbocycles. The van der Waals surface area contributed by atoms with Crippen molar-refractivity contribution in [2.24, 2.45) is 11.8 Å². The predicted octanol–water partition coefficient (Wildman–Crippen LogP) is 4.22. The van der Waals surface area contributed by atoms with Gasteiger partial charge in [0.25, 0.3) is 5.91 Å². The van der Waals surface area contributed by atoms with E-state index in [0.29, 0.717) is 43.1 Å². The van der Waals surface area contributed by atoms with Gasteiger partial charge in [0.05, 0.1) is 30.6 Å². The number of carbonyl (C=O) groups is 3. The molecular formula is C33H38ClN3O5. The predicted molar refractivity (Wildman–Crippen MR) is 162 cm³/mol. The van der Waals surface area contributed by atoms with E-state index in [1.54, 1.807) is 46.2 Å². The highest BCUT2D eigenvalue weighted by Crippen LogP contribution is 2.59. The third kappa shape index (κ3) is 5.06. The Bertz CT molecular complexity index is 1330. The van der Waals surface area contributed by atoms with E-state index >= 15 is 0 Å². The molecule has 3 fully saturated rings. The van der Waals surface area contributed by atoms with E-state index in [-0.39, 0.29) is 30.9 Å². The Kier molecular flexibility index (Phi) is 8.87. The monoisotopic (exact) mass is 591 g/mol. The van der Waals surface area contributed by atoms with Crippen molar-refractivity contribution in [3.05, 3.63) is 90.5 Å². The number of likely N-dealkylation sites (tertiary alicyclic amines) is 1. The van der Waals surface area contributed by atoms with Gasteiger partial charge in [-0.25, -0.2) is 0 Å². The minimum atomic E-state index is -1.18. The Morgan fingerprint density at radius 3 is 2.43 bits per heavy atom. The quantitative estimate of drug-likeness (QED) is 0.373. The molecule has 0 aliphatic carbocycles. The Balaban J connectivity index is 1.55. The van der Waals surface area contributed by atoms with Crippen LogP contribution in [0.15, 0.2) is 79.9 Å². The summed E-state index contributed by atoms with van der Waals surface area (Å²) in [6.45, 7) is 10.1. The summed E-state index contributed by atoms with van der Waals surface area (Å²) in [5.41, 5.74) is 0.391. The molecule has 5 rings (SSSR count). The number of anilines is 1. The molecule has 3 amide bonds. The maximum absolute atomic E-state index is 14.6. The molecule has 2 unspecified atom stereocenters. The molecule has 3 heterocycles. The van der Waals surface area contributed by atoms with Gasteiger partial charge in [0.15, 0.2) is 0 Å². The van der Waals surface area contributed by atoms with E-state index in [9.17, 15) is 19.5 Å². The first kappa shape index (κ1) is 30.0. The van der Waals surface area contributed by atoms with Gasteiger partial charge in [-0.05, 0) is 49.1 Å². The number of nitrogens with zero attached hydrogens (tertiary/aromatic N) is 3. The lowest BCUT2D eigenvalue weighted by Gasteiger charge is -2.39. The van der Waals surface area contributed by atoms with Crippen LogP contribution in [0.5, 0.6) is 0 Å². The number of rotatable bonds is 12. The van der Waals surface area contributed by atoms with Crippen molar-refractivity contribution in [2.75, 3.05) is 24.6 Å². The van der Waals surface area contributed by atoms with Crippen LogP contribution in [0.3, 0.4) is 0 Å². The third-order valence-electron chi connectivity index (χ3n) is 8.93. The summed E-state index contributed by atoms with van der Waals surface area (Å²) in [6.07, 6.45) is 4.29. The lowest BCUT2D eigenvalue weighted by Crippen LogP contribution is -2.59. The van der Waals surface area contributed by atoms with E-state index in [0.717, 1.165) is 5.56 Å². The van der Waals surface area contributed by atoms with Gasteiger partial charge >= 0.3 is 0 Å². The molecule has 1 N–H and O–H groups in total. The number of halogens is 1. The van der Waals surface area contributed by atoms with Crippen LogP contribution in [0.4, 0.5) is 5.69 Å². The van der Waals surface area contributed by atoms with Crippen LogP contribution in [0.25, 0.3) is 0 Å². The minimum absolute atomic E-state index is 0.186. The van der Waals surface area contributed by atoms with E-state index in [1.807, 2.05) is 37.3 Å². The van der Waals surface area contributed by atoms with Crippen molar-refractivity contribution < 1.29 is 24.2 Å². The Morgan fingerprint density at radius 1 is 1.12 bits per heavy atom. The molecule has 2 aromatic rings. The number of aliphatic hydroxyl groups excluding tert-OH is 1. The van der Waals surface area contributed by atoms with E-state index in [2.05, 4.69) is 13.2 Å². The topological polar surface area (TPSA) is 90.4 Å². The summed E-state index contributed by atoms with van der Waals surface area (Å²) >= 11 is 6.12. The Morgan fingerprint density at radius 2 is 1.81 bits per heavy atom. The first-order chi connectivity index (χ1) is 20.3. The van der Waals surface area contributed by atoms with Gasteiger partial charge in [-0.15, -0.1) is 13.2 Å². The van der Waals surface area contributed by atoms with Gasteiger partial charge < -0.3 is 24.5 Å². The number of carbonyl (C=O) groups excluding carboxylic acids is 3. The fraction of sp³-hybridized carbons (Fsp3) is 0.424. The van der Waals surface area contributed by atoms with Crippen LogP contribution < -0.4 is 4.90 Å². The molecular weight excluding hydrogens is 554 g/mol. The zero-order valence-corrected chi connectivity index (χ0v) is 24.7. The summed E-state index contributed by atoms with van der Waals surface area (Å²) in [4.78, 5) is 48.0. The lowest BCUT2D eigenvalue weighted by atomic mass is 9.70. The van der Waals surface area contributed by atoms with E-state index < -0.39 is 35.6 Å². The summed E-state index contributed by atoms with van der Waals surface area (Å²) < 4.78 is 6.64. The number of amides is 3. The van der Waals surface area contributed by atoms with Gasteiger partial charge in [0.1, 0.15) is 11.6 Å². The molecule has 8 nitrogen and oxygen atoms in total.